The van der Waals surface area contributed by atoms with E-state index in [1.165, 1.54) is 12.1 Å². The van der Waals surface area contributed by atoms with Crippen LogP contribution in [0.2, 0.25) is 0 Å². The van der Waals surface area contributed by atoms with Crippen molar-refractivity contribution in [1.82, 2.24) is 0 Å². The van der Waals surface area contributed by atoms with Crippen molar-refractivity contribution < 1.29 is 17.9 Å². The molecule has 1 aliphatic carbocycles. The highest BCUT2D eigenvalue weighted by Gasteiger charge is 2.35. The van der Waals surface area contributed by atoms with Crippen LogP contribution in [0.15, 0.2) is 29.3 Å². The van der Waals surface area contributed by atoms with Crippen LogP contribution in [0.3, 0.4) is 0 Å². The van der Waals surface area contributed by atoms with Crippen molar-refractivity contribution in [2.24, 2.45) is 10.9 Å². The third-order valence-electron chi connectivity index (χ3n) is 4.44. The Labute approximate surface area is 129 Å². The van der Waals surface area contributed by atoms with Gasteiger partial charge in [0.2, 0.25) is 0 Å². The van der Waals surface area contributed by atoms with Crippen LogP contribution in [-0.2, 0) is 10.9 Å². The summed E-state index contributed by atoms with van der Waals surface area (Å²) in [4.78, 5) is 4.32. The van der Waals surface area contributed by atoms with Crippen molar-refractivity contribution in [3.63, 3.8) is 0 Å². The Morgan fingerprint density at radius 3 is 2.68 bits per heavy atom. The minimum Gasteiger partial charge on any atom is -0.382 e. The smallest absolute Gasteiger partial charge is 0.382 e. The zero-order chi connectivity index (χ0) is 16.3. The van der Waals surface area contributed by atoms with Crippen LogP contribution in [0.1, 0.15) is 43.2 Å². The standard InChI is InChI=1S/C17H22F3NO/c1-11(22-3)7-12-8-15(16(9-12)21-2)13-5-4-6-14(10-13)17(18,19)20/h4-6,10-12,15H,7-9H2,1-3H3. The van der Waals surface area contributed by atoms with Gasteiger partial charge in [-0.25, -0.2) is 0 Å². The van der Waals surface area contributed by atoms with E-state index >= 15 is 0 Å². The molecule has 1 aliphatic rings. The van der Waals surface area contributed by atoms with Gasteiger partial charge in [-0.15, -0.1) is 0 Å². The first-order valence-electron chi connectivity index (χ1n) is 7.50. The van der Waals surface area contributed by atoms with E-state index < -0.39 is 11.7 Å². The van der Waals surface area contributed by atoms with E-state index in [2.05, 4.69) is 4.99 Å². The molecule has 3 unspecified atom stereocenters. The molecular weight excluding hydrogens is 291 g/mol. The highest BCUT2D eigenvalue weighted by molar-refractivity contribution is 5.93. The second-order valence-electron chi connectivity index (χ2n) is 5.98. The molecule has 22 heavy (non-hydrogen) atoms. The van der Waals surface area contributed by atoms with Gasteiger partial charge in [0, 0.05) is 25.8 Å². The summed E-state index contributed by atoms with van der Waals surface area (Å²) in [7, 11) is 3.40. The van der Waals surface area contributed by atoms with Crippen LogP contribution in [0.25, 0.3) is 0 Å². The molecule has 122 valence electrons. The molecule has 0 heterocycles. The van der Waals surface area contributed by atoms with Crippen LogP contribution in [0, 0.1) is 5.92 Å². The fraction of sp³-hybridized carbons (Fsp3) is 0.588. The van der Waals surface area contributed by atoms with Crippen LogP contribution in [0.4, 0.5) is 13.2 Å². The summed E-state index contributed by atoms with van der Waals surface area (Å²) in [6.45, 7) is 2.01. The lowest BCUT2D eigenvalue weighted by molar-refractivity contribution is -0.137. The van der Waals surface area contributed by atoms with E-state index in [-0.39, 0.29) is 12.0 Å². The summed E-state index contributed by atoms with van der Waals surface area (Å²) in [6, 6.07) is 5.63. The number of benzene rings is 1. The number of aliphatic imine (C=N–C) groups is 1. The van der Waals surface area contributed by atoms with Gasteiger partial charge in [-0.05, 0) is 43.7 Å². The number of ether oxygens (including phenoxy) is 1. The summed E-state index contributed by atoms with van der Waals surface area (Å²) in [5.41, 5.74) is 1.12. The fourth-order valence-electron chi connectivity index (χ4n) is 3.24. The average Bonchev–Trinajstić information content (AvgIpc) is 2.89. The minimum absolute atomic E-state index is 0.0126. The predicted octanol–water partition coefficient (Wildman–Crippen LogP) is 4.69. The topological polar surface area (TPSA) is 21.6 Å². The Balaban J connectivity index is 2.21. The maximum Gasteiger partial charge on any atom is 0.416 e. The van der Waals surface area contributed by atoms with Crippen molar-refractivity contribution in [3.8, 4) is 0 Å². The highest BCUT2D eigenvalue weighted by Crippen LogP contribution is 2.40. The molecule has 0 radical (unpaired) electrons. The first-order valence-corrected chi connectivity index (χ1v) is 7.50. The average molecular weight is 313 g/mol. The molecule has 5 heteroatoms. The molecule has 0 amide bonds. The molecule has 0 saturated heterocycles. The van der Waals surface area contributed by atoms with Gasteiger partial charge < -0.3 is 4.74 Å². The van der Waals surface area contributed by atoms with Crippen LogP contribution in [-0.4, -0.2) is 26.0 Å². The Bertz CT molecular complexity index is 539. The van der Waals surface area contributed by atoms with Crippen LogP contribution >= 0.6 is 0 Å². The molecule has 2 rings (SSSR count). The molecule has 1 fully saturated rings. The number of nitrogens with zero attached hydrogens (tertiary/aromatic N) is 1. The largest absolute Gasteiger partial charge is 0.416 e. The summed E-state index contributed by atoms with van der Waals surface area (Å²) < 4.78 is 43.9. The molecule has 0 N–H and O–H groups in total. The van der Waals surface area contributed by atoms with Gasteiger partial charge in [0.25, 0.3) is 0 Å². The van der Waals surface area contributed by atoms with Crippen molar-refractivity contribution in [2.75, 3.05) is 14.2 Å². The van der Waals surface area contributed by atoms with Crippen molar-refractivity contribution in [3.05, 3.63) is 35.4 Å². The number of halogens is 3. The molecule has 1 aromatic rings. The number of methoxy groups -OCH3 is 1. The van der Waals surface area contributed by atoms with Gasteiger partial charge in [0.15, 0.2) is 0 Å². The number of alkyl halides is 3. The lowest BCUT2D eigenvalue weighted by Gasteiger charge is -2.16. The normalized spacial score (nSPS) is 25.6. The van der Waals surface area contributed by atoms with Gasteiger partial charge in [-0.3, -0.25) is 4.99 Å². The second-order valence-corrected chi connectivity index (χ2v) is 5.98. The molecule has 0 aromatic heterocycles. The number of rotatable bonds is 4. The van der Waals surface area contributed by atoms with Gasteiger partial charge >= 0.3 is 6.18 Å². The summed E-state index contributed by atoms with van der Waals surface area (Å²) in [5, 5.41) is 0. The Kier molecular flexibility index (Phi) is 5.27. The predicted molar refractivity (Wildman–Crippen MR) is 81.4 cm³/mol. The fourth-order valence-corrected chi connectivity index (χ4v) is 3.24. The van der Waals surface area contributed by atoms with Gasteiger partial charge in [-0.2, -0.15) is 13.2 Å². The SMILES string of the molecule is CN=C1CC(CC(C)OC)CC1c1cccc(C(F)(F)F)c1. The van der Waals surface area contributed by atoms with E-state index in [4.69, 9.17) is 4.74 Å². The molecule has 0 spiro atoms. The second kappa shape index (κ2) is 6.82. The molecule has 0 aliphatic heterocycles. The van der Waals surface area contributed by atoms with E-state index in [9.17, 15) is 13.2 Å². The Morgan fingerprint density at radius 2 is 2.09 bits per heavy atom. The minimum atomic E-state index is -4.30. The molecular formula is C17H22F3NO. The van der Waals surface area contributed by atoms with Crippen LogP contribution in [0.5, 0.6) is 0 Å². The zero-order valence-electron chi connectivity index (χ0n) is 13.2. The lowest BCUT2D eigenvalue weighted by Crippen LogP contribution is -2.10. The zero-order valence-corrected chi connectivity index (χ0v) is 13.2. The maximum absolute atomic E-state index is 12.9. The van der Waals surface area contributed by atoms with Crippen molar-refractivity contribution in [2.45, 2.75) is 44.4 Å². The monoisotopic (exact) mass is 313 g/mol. The first-order chi connectivity index (χ1) is 10.3. The van der Waals surface area contributed by atoms with E-state index in [0.717, 1.165) is 31.0 Å². The van der Waals surface area contributed by atoms with Gasteiger partial charge in [0.05, 0.1) is 11.7 Å². The molecule has 3 atom stereocenters. The summed E-state index contributed by atoms with van der Waals surface area (Å²) in [5.74, 6) is 0.398. The maximum atomic E-state index is 12.9. The summed E-state index contributed by atoms with van der Waals surface area (Å²) >= 11 is 0. The number of hydrogen-bond acceptors (Lipinski definition) is 2. The molecule has 0 bridgehead atoms. The lowest BCUT2D eigenvalue weighted by atomic mass is 9.92. The van der Waals surface area contributed by atoms with Gasteiger partial charge in [-0.1, -0.05) is 18.2 Å². The molecule has 1 aromatic carbocycles. The Morgan fingerprint density at radius 1 is 1.36 bits per heavy atom. The van der Waals surface area contributed by atoms with E-state index in [0.29, 0.717) is 11.5 Å². The van der Waals surface area contributed by atoms with Crippen molar-refractivity contribution >= 4 is 5.71 Å². The number of hydrogen-bond donors (Lipinski definition) is 0. The van der Waals surface area contributed by atoms with E-state index in [1.807, 2.05) is 6.92 Å². The third-order valence-corrected chi connectivity index (χ3v) is 4.44. The Hall–Kier alpha value is -1.36. The third kappa shape index (κ3) is 3.88. The van der Waals surface area contributed by atoms with Crippen molar-refractivity contribution in [1.29, 1.82) is 0 Å². The first kappa shape index (κ1) is 17.0. The summed E-state index contributed by atoms with van der Waals surface area (Å²) in [6.07, 6.45) is -1.57. The highest BCUT2D eigenvalue weighted by atomic mass is 19.4. The van der Waals surface area contributed by atoms with E-state index in [1.54, 1.807) is 20.2 Å². The quantitative estimate of drug-likeness (QED) is 0.790. The molecule has 2 nitrogen and oxygen atoms in total. The van der Waals surface area contributed by atoms with Crippen LogP contribution < -0.4 is 0 Å². The molecule has 1 saturated carbocycles. The van der Waals surface area contributed by atoms with Gasteiger partial charge in [0.1, 0.15) is 0 Å².